The molecule has 1 aromatic heterocycles. The van der Waals surface area contributed by atoms with Crippen molar-refractivity contribution < 1.29 is 9.53 Å². The monoisotopic (exact) mass is 413 g/mol. The first-order chi connectivity index (χ1) is 15.0. The van der Waals surface area contributed by atoms with Crippen molar-refractivity contribution in [2.24, 2.45) is 0 Å². The predicted octanol–water partition coefficient (Wildman–Crippen LogP) is 4.97. The van der Waals surface area contributed by atoms with Crippen molar-refractivity contribution >= 4 is 16.9 Å². The molecule has 1 heterocycles. The number of para-hydroxylation sites is 2. The van der Waals surface area contributed by atoms with Gasteiger partial charge in [-0.15, -0.1) is 0 Å². The number of rotatable bonds is 7. The summed E-state index contributed by atoms with van der Waals surface area (Å²) < 4.78 is 8.19. The Hall–Kier alpha value is -3.60. The summed E-state index contributed by atoms with van der Waals surface area (Å²) >= 11 is 0. The van der Waals surface area contributed by atoms with Gasteiger partial charge in [-0.3, -0.25) is 4.79 Å². The van der Waals surface area contributed by atoms with Crippen LogP contribution >= 0.6 is 0 Å². The Morgan fingerprint density at radius 1 is 0.968 bits per heavy atom. The molecule has 4 aromatic rings. The molecular weight excluding hydrogens is 386 g/mol. The molecule has 0 aliphatic heterocycles. The van der Waals surface area contributed by atoms with Crippen LogP contribution in [-0.2, 0) is 13.1 Å². The van der Waals surface area contributed by atoms with E-state index in [2.05, 4.69) is 35.0 Å². The van der Waals surface area contributed by atoms with Gasteiger partial charge in [-0.25, -0.2) is 4.98 Å². The minimum absolute atomic E-state index is 0.103. The Balaban J connectivity index is 1.50. The zero-order valence-electron chi connectivity index (χ0n) is 18.2. The number of hydrogen-bond donors (Lipinski definition) is 1. The van der Waals surface area contributed by atoms with E-state index in [9.17, 15) is 4.79 Å². The molecule has 0 saturated heterocycles. The Morgan fingerprint density at radius 2 is 1.77 bits per heavy atom. The van der Waals surface area contributed by atoms with Crippen molar-refractivity contribution in [1.29, 1.82) is 0 Å². The van der Waals surface area contributed by atoms with Gasteiger partial charge >= 0.3 is 0 Å². The Labute approximate surface area is 182 Å². The molecule has 3 aromatic carbocycles. The van der Waals surface area contributed by atoms with Crippen molar-refractivity contribution in [1.82, 2.24) is 14.9 Å². The number of hydrogen-bond acceptors (Lipinski definition) is 3. The molecule has 5 nitrogen and oxygen atoms in total. The minimum atomic E-state index is -0.103. The van der Waals surface area contributed by atoms with Gasteiger partial charge < -0.3 is 14.6 Å². The molecule has 5 heteroatoms. The number of benzene rings is 3. The second-order valence-corrected chi connectivity index (χ2v) is 7.84. The van der Waals surface area contributed by atoms with Crippen LogP contribution in [0.1, 0.15) is 32.9 Å². The number of carbonyl (C=O) groups is 1. The smallest absolute Gasteiger partial charge is 0.251 e. The first-order valence-electron chi connectivity index (χ1n) is 10.5. The number of nitrogens with zero attached hydrogens (tertiary/aromatic N) is 2. The molecule has 4 rings (SSSR count). The first-order valence-corrected chi connectivity index (χ1v) is 10.5. The lowest BCUT2D eigenvalue weighted by atomic mass is 10.1. The average Bonchev–Trinajstić information content (AvgIpc) is 3.12. The molecule has 158 valence electrons. The fourth-order valence-corrected chi connectivity index (χ4v) is 3.67. The van der Waals surface area contributed by atoms with Crippen LogP contribution in [0.3, 0.4) is 0 Å². The van der Waals surface area contributed by atoms with Gasteiger partial charge in [0.2, 0.25) is 0 Å². The maximum Gasteiger partial charge on any atom is 0.251 e. The Kier molecular flexibility index (Phi) is 6.03. The average molecular weight is 414 g/mol. The van der Waals surface area contributed by atoms with E-state index in [4.69, 9.17) is 9.72 Å². The number of nitrogens with one attached hydrogen (secondary N) is 1. The third-order valence-electron chi connectivity index (χ3n) is 5.34. The van der Waals surface area contributed by atoms with Gasteiger partial charge in [-0.05, 0) is 62.2 Å². The summed E-state index contributed by atoms with van der Waals surface area (Å²) in [5, 5.41) is 3.01. The molecule has 0 atom stereocenters. The summed E-state index contributed by atoms with van der Waals surface area (Å²) in [6.45, 7) is 7.60. The van der Waals surface area contributed by atoms with Crippen LogP contribution in [0, 0.1) is 20.8 Å². The third-order valence-corrected chi connectivity index (χ3v) is 5.34. The SMILES string of the molecule is Cc1cccc(C(=O)NCc2nc3ccccc3n2CCOc2cc(C)ccc2C)c1. The van der Waals surface area contributed by atoms with E-state index in [1.807, 2.05) is 62.4 Å². The van der Waals surface area contributed by atoms with Crippen molar-refractivity contribution in [2.75, 3.05) is 6.61 Å². The summed E-state index contributed by atoms with van der Waals surface area (Å²) in [4.78, 5) is 17.3. The highest BCUT2D eigenvalue weighted by Crippen LogP contribution is 2.20. The van der Waals surface area contributed by atoms with Crippen LogP contribution in [0.4, 0.5) is 0 Å². The molecule has 0 fully saturated rings. The van der Waals surface area contributed by atoms with Crippen molar-refractivity contribution in [3.05, 3.63) is 94.8 Å². The maximum atomic E-state index is 12.6. The lowest BCUT2D eigenvalue weighted by Crippen LogP contribution is -2.25. The molecule has 0 bridgehead atoms. The van der Waals surface area contributed by atoms with E-state index < -0.39 is 0 Å². The molecular formula is C26H27N3O2. The normalized spacial score (nSPS) is 10.9. The predicted molar refractivity (Wildman–Crippen MR) is 123 cm³/mol. The summed E-state index contributed by atoms with van der Waals surface area (Å²) in [6.07, 6.45) is 0. The third kappa shape index (κ3) is 4.77. The van der Waals surface area contributed by atoms with Crippen LogP contribution in [0.2, 0.25) is 0 Å². The molecule has 0 aliphatic carbocycles. The van der Waals surface area contributed by atoms with Crippen molar-refractivity contribution in [3.8, 4) is 5.75 Å². The van der Waals surface area contributed by atoms with Gasteiger partial charge in [0.15, 0.2) is 0 Å². The number of carbonyl (C=O) groups excluding carboxylic acids is 1. The second kappa shape index (κ2) is 9.04. The van der Waals surface area contributed by atoms with Gasteiger partial charge in [0.1, 0.15) is 18.2 Å². The van der Waals surface area contributed by atoms with E-state index in [-0.39, 0.29) is 5.91 Å². The van der Waals surface area contributed by atoms with Gasteiger partial charge in [-0.1, -0.05) is 42.0 Å². The quantitative estimate of drug-likeness (QED) is 0.465. The van der Waals surface area contributed by atoms with E-state index in [1.165, 1.54) is 5.56 Å². The fourth-order valence-electron chi connectivity index (χ4n) is 3.67. The molecule has 0 saturated carbocycles. The molecule has 1 N–H and O–H groups in total. The molecule has 0 unspecified atom stereocenters. The highest BCUT2D eigenvalue weighted by molar-refractivity contribution is 5.94. The van der Waals surface area contributed by atoms with Crippen molar-refractivity contribution in [2.45, 2.75) is 33.9 Å². The van der Waals surface area contributed by atoms with E-state index in [1.54, 1.807) is 0 Å². The van der Waals surface area contributed by atoms with E-state index >= 15 is 0 Å². The zero-order valence-corrected chi connectivity index (χ0v) is 18.2. The van der Waals surface area contributed by atoms with Gasteiger partial charge in [0.25, 0.3) is 5.91 Å². The van der Waals surface area contributed by atoms with Crippen LogP contribution in [-0.4, -0.2) is 22.1 Å². The summed E-state index contributed by atoms with van der Waals surface area (Å²) in [7, 11) is 0. The molecule has 0 radical (unpaired) electrons. The maximum absolute atomic E-state index is 12.6. The summed E-state index contributed by atoms with van der Waals surface area (Å²) in [5.74, 6) is 1.61. The van der Waals surface area contributed by atoms with Gasteiger partial charge in [-0.2, -0.15) is 0 Å². The van der Waals surface area contributed by atoms with E-state index in [0.29, 0.717) is 25.3 Å². The van der Waals surface area contributed by atoms with Gasteiger partial charge in [0.05, 0.1) is 24.1 Å². The number of amides is 1. The number of fused-ring (bicyclic) bond motifs is 1. The van der Waals surface area contributed by atoms with Crippen LogP contribution < -0.4 is 10.1 Å². The molecule has 0 spiro atoms. The highest BCUT2D eigenvalue weighted by Gasteiger charge is 2.13. The fraction of sp³-hybridized carbons (Fsp3) is 0.231. The van der Waals surface area contributed by atoms with Crippen LogP contribution in [0.25, 0.3) is 11.0 Å². The lowest BCUT2D eigenvalue weighted by molar-refractivity contribution is 0.0949. The summed E-state index contributed by atoms with van der Waals surface area (Å²) in [6, 6.07) is 21.8. The Bertz CT molecular complexity index is 1230. The standard InChI is InChI=1S/C26H27N3O2/c1-18-7-6-8-21(15-18)26(30)27-17-25-28-22-9-4-5-10-23(22)29(25)13-14-31-24-16-19(2)11-12-20(24)3/h4-12,15-16H,13-14,17H2,1-3H3,(H,27,30). The number of aromatic nitrogens is 2. The lowest BCUT2D eigenvalue weighted by Gasteiger charge is -2.13. The highest BCUT2D eigenvalue weighted by atomic mass is 16.5. The second-order valence-electron chi connectivity index (χ2n) is 7.84. The molecule has 31 heavy (non-hydrogen) atoms. The molecule has 1 amide bonds. The van der Waals surface area contributed by atoms with Crippen molar-refractivity contribution in [3.63, 3.8) is 0 Å². The van der Waals surface area contributed by atoms with Crippen LogP contribution in [0.15, 0.2) is 66.7 Å². The largest absolute Gasteiger partial charge is 0.491 e. The van der Waals surface area contributed by atoms with Gasteiger partial charge in [0, 0.05) is 5.56 Å². The summed E-state index contributed by atoms with van der Waals surface area (Å²) in [5.41, 5.74) is 5.95. The van der Waals surface area contributed by atoms with Crippen LogP contribution in [0.5, 0.6) is 5.75 Å². The topological polar surface area (TPSA) is 56.2 Å². The molecule has 0 aliphatic rings. The number of aryl methyl sites for hydroxylation is 3. The number of imidazole rings is 1. The zero-order chi connectivity index (χ0) is 21.8. The Morgan fingerprint density at radius 3 is 2.61 bits per heavy atom. The first kappa shape index (κ1) is 20.7. The van der Waals surface area contributed by atoms with E-state index in [0.717, 1.165) is 33.7 Å². The minimum Gasteiger partial charge on any atom is -0.491 e. The number of ether oxygens (including phenoxy) is 1.